The molecule has 0 saturated heterocycles. The van der Waals surface area contributed by atoms with Gasteiger partial charge in [0.2, 0.25) is 5.91 Å². The maximum Gasteiger partial charge on any atom is 0.248 e. The zero-order valence-corrected chi connectivity index (χ0v) is 14.0. The summed E-state index contributed by atoms with van der Waals surface area (Å²) >= 11 is 0. The summed E-state index contributed by atoms with van der Waals surface area (Å²) in [5.41, 5.74) is 7.76. The topological polar surface area (TPSA) is 73.6 Å². The van der Waals surface area contributed by atoms with Gasteiger partial charge in [-0.05, 0) is 49.2 Å². The minimum absolute atomic E-state index is 0.238. The Bertz CT molecular complexity index is 739. The second-order valence-corrected chi connectivity index (χ2v) is 6.40. The molecule has 3 N–H and O–H groups in total. The summed E-state index contributed by atoms with van der Waals surface area (Å²) in [7, 11) is 0. The van der Waals surface area contributed by atoms with Gasteiger partial charge in [-0.1, -0.05) is 18.2 Å². The molecule has 0 saturated carbocycles. The Hall–Kier alpha value is -2.53. The molecule has 1 aliphatic heterocycles. The number of nitrogens with one attached hydrogen (secondary N) is 1. The molecular formula is C19H22N2O3. The molecule has 0 spiro atoms. The van der Waals surface area contributed by atoms with Crippen LogP contribution >= 0.6 is 0 Å². The number of nitrogens with two attached hydrogens (primary N) is 1. The van der Waals surface area contributed by atoms with Crippen LogP contribution in [0.2, 0.25) is 0 Å². The average molecular weight is 326 g/mol. The van der Waals surface area contributed by atoms with Gasteiger partial charge in [-0.2, -0.15) is 0 Å². The predicted octanol–water partition coefficient (Wildman–Crippen LogP) is 2.58. The first-order valence-electron chi connectivity index (χ1n) is 7.99. The van der Waals surface area contributed by atoms with Gasteiger partial charge >= 0.3 is 0 Å². The fourth-order valence-electron chi connectivity index (χ4n) is 2.64. The van der Waals surface area contributed by atoms with E-state index in [1.165, 1.54) is 0 Å². The number of carbonyl (C=O) groups is 1. The number of rotatable bonds is 5. The molecule has 0 aromatic heterocycles. The lowest BCUT2D eigenvalue weighted by atomic mass is 9.93. The third-order valence-electron chi connectivity index (χ3n) is 4.24. The van der Waals surface area contributed by atoms with E-state index < -0.39 is 5.91 Å². The maximum absolute atomic E-state index is 11.1. The van der Waals surface area contributed by atoms with E-state index in [0.717, 1.165) is 22.6 Å². The van der Waals surface area contributed by atoms with Crippen molar-refractivity contribution in [2.45, 2.75) is 25.9 Å². The second kappa shape index (κ2) is 6.53. The molecule has 1 amide bonds. The van der Waals surface area contributed by atoms with Gasteiger partial charge < -0.3 is 20.5 Å². The number of ether oxygens (including phenoxy) is 2. The molecular weight excluding hydrogens is 304 g/mol. The van der Waals surface area contributed by atoms with Crippen molar-refractivity contribution in [3.63, 3.8) is 0 Å². The van der Waals surface area contributed by atoms with Crippen LogP contribution in [0.4, 0.5) is 0 Å². The number of carbonyl (C=O) groups excluding carboxylic acids is 1. The molecule has 24 heavy (non-hydrogen) atoms. The van der Waals surface area contributed by atoms with Crippen LogP contribution in [-0.4, -0.2) is 19.1 Å². The molecule has 1 heterocycles. The van der Waals surface area contributed by atoms with Crippen molar-refractivity contribution < 1.29 is 14.3 Å². The first kappa shape index (κ1) is 16.3. The van der Waals surface area contributed by atoms with Crippen LogP contribution in [0.25, 0.3) is 0 Å². The summed E-state index contributed by atoms with van der Waals surface area (Å²) in [6, 6.07) is 13.3. The Morgan fingerprint density at radius 3 is 2.42 bits per heavy atom. The first-order chi connectivity index (χ1) is 11.5. The van der Waals surface area contributed by atoms with Gasteiger partial charge in [0, 0.05) is 17.6 Å². The van der Waals surface area contributed by atoms with Crippen LogP contribution in [0.1, 0.15) is 35.3 Å². The Morgan fingerprint density at radius 1 is 1.08 bits per heavy atom. The Kier molecular flexibility index (Phi) is 4.44. The zero-order chi connectivity index (χ0) is 17.2. The number of hydrogen-bond donors (Lipinski definition) is 2. The summed E-state index contributed by atoms with van der Waals surface area (Å²) in [4.78, 5) is 11.1. The Balaban J connectivity index is 1.70. The van der Waals surface area contributed by atoms with Crippen LogP contribution < -0.4 is 20.5 Å². The highest BCUT2D eigenvalue weighted by molar-refractivity contribution is 5.92. The Labute approximate surface area is 141 Å². The third kappa shape index (κ3) is 3.51. The highest BCUT2D eigenvalue weighted by atomic mass is 16.6. The van der Waals surface area contributed by atoms with Gasteiger partial charge in [0.05, 0.1) is 0 Å². The van der Waals surface area contributed by atoms with Crippen molar-refractivity contribution in [1.82, 2.24) is 5.32 Å². The molecule has 3 rings (SSSR count). The smallest absolute Gasteiger partial charge is 0.248 e. The molecule has 0 unspecified atom stereocenters. The van der Waals surface area contributed by atoms with Crippen molar-refractivity contribution >= 4 is 5.91 Å². The summed E-state index contributed by atoms with van der Waals surface area (Å²) < 4.78 is 11.2. The molecule has 0 fully saturated rings. The van der Waals surface area contributed by atoms with E-state index in [9.17, 15) is 4.79 Å². The van der Waals surface area contributed by atoms with Crippen molar-refractivity contribution in [2.75, 3.05) is 13.2 Å². The summed E-state index contributed by atoms with van der Waals surface area (Å²) in [6.07, 6.45) is 0. The number of amides is 1. The number of hydrogen-bond acceptors (Lipinski definition) is 4. The summed E-state index contributed by atoms with van der Waals surface area (Å²) in [5, 5.41) is 3.53. The molecule has 1 aliphatic rings. The van der Waals surface area contributed by atoms with E-state index in [4.69, 9.17) is 15.2 Å². The van der Waals surface area contributed by atoms with Gasteiger partial charge in [-0.15, -0.1) is 0 Å². The van der Waals surface area contributed by atoms with E-state index in [1.54, 1.807) is 12.1 Å². The molecule has 5 heteroatoms. The van der Waals surface area contributed by atoms with Crippen LogP contribution in [0, 0.1) is 0 Å². The molecule has 2 aromatic rings. The van der Waals surface area contributed by atoms with Gasteiger partial charge in [0.15, 0.2) is 11.5 Å². The Morgan fingerprint density at radius 2 is 1.75 bits per heavy atom. The molecule has 126 valence electrons. The van der Waals surface area contributed by atoms with E-state index in [0.29, 0.717) is 25.3 Å². The van der Waals surface area contributed by atoms with Crippen molar-refractivity contribution in [2.24, 2.45) is 5.73 Å². The fourth-order valence-corrected chi connectivity index (χ4v) is 2.64. The molecule has 0 bridgehead atoms. The van der Waals surface area contributed by atoms with Crippen molar-refractivity contribution in [3.05, 3.63) is 59.2 Å². The van der Waals surface area contributed by atoms with E-state index in [2.05, 4.69) is 25.2 Å². The van der Waals surface area contributed by atoms with Gasteiger partial charge in [-0.25, -0.2) is 0 Å². The number of benzene rings is 2. The normalized spacial score (nSPS) is 13.6. The SMILES string of the molecule is CC(C)(NCc1ccc(C(N)=O)cc1)c1ccc2c(c1)OCCO2. The molecule has 2 aromatic carbocycles. The van der Waals surface area contributed by atoms with Crippen LogP contribution in [-0.2, 0) is 12.1 Å². The maximum atomic E-state index is 11.1. The zero-order valence-electron chi connectivity index (χ0n) is 14.0. The highest BCUT2D eigenvalue weighted by Gasteiger charge is 2.22. The van der Waals surface area contributed by atoms with Gasteiger partial charge in [-0.3, -0.25) is 4.79 Å². The first-order valence-corrected chi connectivity index (χ1v) is 7.99. The predicted molar refractivity (Wildman–Crippen MR) is 92.3 cm³/mol. The lowest BCUT2D eigenvalue weighted by Gasteiger charge is -2.29. The van der Waals surface area contributed by atoms with Crippen LogP contribution in [0.5, 0.6) is 11.5 Å². The van der Waals surface area contributed by atoms with Crippen LogP contribution in [0.15, 0.2) is 42.5 Å². The van der Waals surface area contributed by atoms with Crippen molar-refractivity contribution in [3.8, 4) is 11.5 Å². The highest BCUT2D eigenvalue weighted by Crippen LogP contribution is 2.34. The number of primary amides is 1. The molecule has 5 nitrogen and oxygen atoms in total. The monoisotopic (exact) mass is 326 g/mol. The quantitative estimate of drug-likeness (QED) is 0.886. The lowest BCUT2D eigenvalue weighted by Crippen LogP contribution is -2.36. The lowest BCUT2D eigenvalue weighted by molar-refractivity contribution is 0.100. The minimum atomic E-state index is -0.411. The average Bonchev–Trinajstić information content (AvgIpc) is 2.60. The van der Waals surface area contributed by atoms with E-state index >= 15 is 0 Å². The minimum Gasteiger partial charge on any atom is -0.486 e. The van der Waals surface area contributed by atoms with E-state index in [1.807, 2.05) is 24.3 Å². The molecule has 0 aliphatic carbocycles. The van der Waals surface area contributed by atoms with Gasteiger partial charge in [0.1, 0.15) is 13.2 Å². The summed E-state index contributed by atoms with van der Waals surface area (Å²) in [6.45, 7) is 6.10. The summed E-state index contributed by atoms with van der Waals surface area (Å²) in [5.74, 6) is 1.17. The van der Waals surface area contributed by atoms with Crippen molar-refractivity contribution in [1.29, 1.82) is 0 Å². The fraction of sp³-hybridized carbons (Fsp3) is 0.316. The van der Waals surface area contributed by atoms with Gasteiger partial charge in [0.25, 0.3) is 0 Å². The largest absolute Gasteiger partial charge is 0.486 e. The second-order valence-electron chi connectivity index (χ2n) is 6.40. The number of fused-ring (bicyclic) bond motifs is 1. The molecule has 0 atom stereocenters. The van der Waals surface area contributed by atoms with E-state index in [-0.39, 0.29) is 5.54 Å². The standard InChI is InChI=1S/C19H22N2O3/c1-19(2,15-7-8-16-17(11-15)24-10-9-23-16)21-12-13-3-5-14(6-4-13)18(20)22/h3-8,11,21H,9-10,12H2,1-2H3,(H2,20,22). The third-order valence-corrected chi connectivity index (χ3v) is 4.24. The molecule has 0 radical (unpaired) electrons. The van der Waals surface area contributed by atoms with Crippen LogP contribution in [0.3, 0.4) is 0 Å².